The van der Waals surface area contributed by atoms with Gasteiger partial charge in [0.2, 0.25) is 0 Å². The molecule has 1 aliphatic carbocycles. The average molecular weight is 281 g/mol. The second kappa shape index (κ2) is 5.23. The molecule has 3 nitrogen and oxygen atoms in total. The molecule has 0 aromatic carbocycles. The first-order valence-corrected chi connectivity index (χ1v) is 7.85. The summed E-state index contributed by atoms with van der Waals surface area (Å²) in [6, 6.07) is 0. The summed E-state index contributed by atoms with van der Waals surface area (Å²) in [5.41, 5.74) is 0.543. The van der Waals surface area contributed by atoms with Gasteiger partial charge >= 0.3 is 5.97 Å². The minimum atomic E-state index is -0.836. The van der Waals surface area contributed by atoms with Crippen LogP contribution in [0.5, 0.6) is 0 Å². The Morgan fingerprint density at radius 3 is 2.53 bits per heavy atom. The zero-order chi connectivity index (χ0) is 14.2. The number of hydrogen-bond donors (Lipinski definition) is 1. The van der Waals surface area contributed by atoms with Gasteiger partial charge in [0, 0.05) is 11.3 Å². The molecule has 4 heteroatoms. The Kier molecular flexibility index (Phi) is 4.00. The van der Waals surface area contributed by atoms with E-state index < -0.39 is 5.97 Å². The maximum absolute atomic E-state index is 11.4. The van der Waals surface area contributed by atoms with E-state index in [0.717, 1.165) is 29.5 Å². The number of carboxylic acid groups (broad SMARTS) is 1. The minimum absolute atomic E-state index is 0.206. The summed E-state index contributed by atoms with van der Waals surface area (Å²) in [5, 5.41) is 10.4. The summed E-state index contributed by atoms with van der Waals surface area (Å²) in [6.45, 7) is 8.37. The lowest BCUT2D eigenvalue weighted by molar-refractivity contribution is 0.0699. The fourth-order valence-electron chi connectivity index (χ4n) is 2.82. The number of thiazole rings is 1. The van der Waals surface area contributed by atoms with Gasteiger partial charge in [0.25, 0.3) is 0 Å². The highest BCUT2D eigenvalue weighted by Crippen LogP contribution is 2.40. The average Bonchev–Trinajstić information content (AvgIpc) is 2.73. The Hall–Kier alpha value is -0.900. The zero-order valence-electron chi connectivity index (χ0n) is 12.2. The first-order chi connectivity index (χ1) is 8.79. The predicted molar refractivity (Wildman–Crippen MR) is 78.1 cm³/mol. The third-order valence-corrected chi connectivity index (χ3v) is 5.04. The molecule has 2 atom stereocenters. The number of carboxylic acids is 1. The maximum Gasteiger partial charge on any atom is 0.347 e. The standard InChI is InChI=1S/C15H23NO2S/c1-9-6-5-7-10(8-9)13-16-12(15(2,3)4)11(19-13)14(17)18/h9-10H,5-8H2,1-4H3,(H,17,18). The molecule has 1 aromatic heterocycles. The first kappa shape index (κ1) is 14.5. The van der Waals surface area contributed by atoms with Gasteiger partial charge < -0.3 is 5.11 Å². The monoisotopic (exact) mass is 281 g/mol. The molecule has 1 heterocycles. The van der Waals surface area contributed by atoms with E-state index in [-0.39, 0.29) is 5.41 Å². The van der Waals surface area contributed by atoms with Crippen LogP contribution in [-0.2, 0) is 5.41 Å². The molecule has 0 bridgehead atoms. The number of carbonyl (C=O) groups is 1. The number of rotatable bonds is 2. The molecule has 1 fully saturated rings. The van der Waals surface area contributed by atoms with Crippen molar-refractivity contribution in [1.82, 2.24) is 4.98 Å². The summed E-state index contributed by atoms with van der Waals surface area (Å²) in [7, 11) is 0. The second-order valence-electron chi connectivity index (χ2n) is 6.75. The number of nitrogens with zero attached hydrogens (tertiary/aromatic N) is 1. The molecule has 1 aromatic rings. The summed E-state index contributed by atoms with van der Waals surface area (Å²) in [4.78, 5) is 16.5. The third-order valence-electron chi connectivity index (χ3n) is 3.83. The largest absolute Gasteiger partial charge is 0.477 e. The molecule has 1 aliphatic rings. The summed E-state index contributed by atoms with van der Waals surface area (Å²) < 4.78 is 0. The number of aromatic carboxylic acids is 1. The van der Waals surface area contributed by atoms with E-state index in [1.54, 1.807) is 0 Å². The Bertz CT molecular complexity index is 473. The second-order valence-corrected chi connectivity index (χ2v) is 7.78. The van der Waals surface area contributed by atoms with Crippen molar-refractivity contribution in [1.29, 1.82) is 0 Å². The molecule has 0 spiro atoms. The summed E-state index contributed by atoms with van der Waals surface area (Å²) in [6.07, 6.45) is 4.83. The maximum atomic E-state index is 11.4. The highest BCUT2D eigenvalue weighted by atomic mass is 32.1. The van der Waals surface area contributed by atoms with Gasteiger partial charge in [-0.05, 0) is 18.8 Å². The molecule has 0 radical (unpaired) electrons. The van der Waals surface area contributed by atoms with Gasteiger partial charge in [-0.15, -0.1) is 11.3 Å². The van der Waals surface area contributed by atoms with Gasteiger partial charge in [0.1, 0.15) is 4.88 Å². The summed E-state index contributed by atoms with van der Waals surface area (Å²) in [5.74, 6) is 0.356. The fourth-order valence-corrected chi connectivity index (χ4v) is 4.09. The van der Waals surface area contributed by atoms with Crippen molar-refractivity contribution in [2.45, 2.75) is 64.7 Å². The van der Waals surface area contributed by atoms with E-state index in [9.17, 15) is 9.90 Å². The normalized spacial score (nSPS) is 24.4. The topological polar surface area (TPSA) is 50.2 Å². The van der Waals surface area contributed by atoms with Crippen LogP contribution >= 0.6 is 11.3 Å². The van der Waals surface area contributed by atoms with Crippen molar-refractivity contribution < 1.29 is 9.90 Å². The van der Waals surface area contributed by atoms with Crippen LogP contribution < -0.4 is 0 Å². The fraction of sp³-hybridized carbons (Fsp3) is 0.733. The SMILES string of the molecule is CC1CCCC(c2nc(C(C)(C)C)c(C(=O)O)s2)C1. The number of aromatic nitrogens is 1. The Morgan fingerprint density at radius 2 is 2.05 bits per heavy atom. The van der Waals surface area contributed by atoms with E-state index in [4.69, 9.17) is 4.98 Å². The van der Waals surface area contributed by atoms with Crippen molar-refractivity contribution in [2.75, 3.05) is 0 Å². The van der Waals surface area contributed by atoms with Gasteiger partial charge in [-0.1, -0.05) is 40.5 Å². The molecule has 1 N–H and O–H groups in total. The van der Waals surface area contributed by atoms with E-state index in [1.165, 1.54) is 24.2 Å². The van der Waals surface area contributed by atoms with Gasteiger partial charge in [-0.2, -0.15) is 0 Å². The van der Waals surface area contributed by atoms with Crippen LogP contribution in [0.25, 0.3) is 0 Å². The van der Waals surface area contributed by atoms with Crippen LogP contribution in [-0.4, -0.2) is 16.1 Å². The van der Waals surface area contributed by atoms with Gasteiger partial charge in [0.05, 0.1) is 10.7 Å². The molecule has 2 rings (SSSR count). The smallest absolute Gasteiger partial charge is 0.347 e. The Morgan fingerprint density at radius 1 is 1.37 bits per heavy atom. The molecule has 19 heavy (non-hydrogen) atoms. The minimum Gasteiger partial charge on any atom is -0.477 e. The first-order valence-electron chi connectivity index (χ1n) is 7.03. The van der Waals surface area contributed by atoms with Crippen LogP contribution in [0, 0.1) is 5.92 Å². The van der Waals surface area contributed by atoms with Crippen molar-refractivity contribution in [3.05, 3.63) is 15.6 Å². The van der Waals surface area contributed by atoms with E-state index in [1.807, 2.05) is 20.8 Å². The van der Waals surface area contributed by atoms with Crippen molar-refractivity contribution in [3.63, 3.8) is 0 Å². The van der Waals surface area contributed by atoms with Crippen LogP contribution in [0.4, 0.5) is 0 Å². The highest BCUT2D eigenvalue weighted by molar-refractivity contribution is 7.13. The molecular weight excluding hydrogens is 258 g/mol. The molecule has 1 saturated carbocycles. The van der Waals surface area contributed by atoms with Crippen molar-refractivity contribution in [3.8, 4) is 0 Å². The molecule has 0 saturated heterocycles. The third kappa shape index (κ3) is 3.16. The van der Waals surface area contributed by atoms with Crippen molar-refractivity contribution in [2.24, 2.45) is 5.92 Å². The predicted octanol–water partition coefficient (Wildman–Crippen LogP) is 4.43. The molecule has 0 amide bonds. The lowest BCUT2D eigenvalue weighted by Gasteiger charge is -2.25. The molecule has 106 valence electrons. The molecular formula is C15H23NO2S. The van der Waals surface area contributed by atoms with Crippen LogP contribution in [0.15, 0.2) is 0 Å². The van der Waals surface area contributed by atoms with Crippen molar-refractivity contribution >= 4 is 17.3 Å². The van der Waals surface area contributed by atoms with Gasteiger partial charge in [-0.3, -0.25) is 0 Å². The lowest BCUT2D eigenvalue weighted by atomic mass is 9.83. The van der Waals surface area contributed by atoms with E-state index in [0.29, 0.717) is 10.8 Å². The van der Waals surface area contributed by atoms with Crippen LogP contribution in [0.1, 0.15) is 79.7 Å². The van der Waals surface area contributed by atoms with Gasteiger partial charge in [0.15, 0.2) is 0 Å². The summed E-state index contributed by atoms with van der Waals surface area (Å²) >= 11 is 1.39. The Balaban J connectivity index is 2.35. The number of hydrogen-bond acceptors (Lipinski definition) is 3. The Labute approximate surface area is 119 Å². The highest BCUT2D eigenvalue weighted by Gasteiger charge is 2.30. The lowest BCUT2D eigenvalue weighted by Crippen LogP contribution is -2.16. The van der Waals surface area contributed by atoms with Crippen LogP contribution in [0.3, 0.4) is 0 Å². The quantitative estimate of drug-likeness (QED) is 0.872. The zero-order valence-corrected chi connectivity index (χ0v) is 13.0. The van der Waals surface area contributed by atoms with E-state index in [2.05, 4.69) is 6.92 Å². The molecule has 2 unspecified atom stereocenters. The molecule has 0 aliphatic heterocycles. The van der Waals surface area contributed by atoms with E-state index >= 15 is 0 Å². The van der Waals surface area contributed by atoms with Gasteiger partial charge in [-0.25, -0.2) is 9.78 Å². The van der Waals surface area contributed by atoms with Crippen LogP contribution in [0.2, 0.25) is 0 Å².